The van der Waals surface area contributed by atoms with Crippen LogP contribution in [0.25, 0.3) is 66.1 Å². The molecule has 63 heavy (non-hydrogen) atoms. The van der Waals surface area contributed by atoms with E-state index in [1.165, 1.54) is 54.9 Å². The quantitative estimate of drug-likeness (QED) is 0.166. The van der Waals surface area contributed by atoms with Crippen molar-refractivity contribution in [1.29, 1.82) is 0 Å². The summed E-state index contributed by atoms with van der Waals surface area (Å²) in [6.07, 6.45) is 0. The van der Waals surface area contributed by atoms with Crippen LogP contribution in [-0.2, 0) is 5.41 Å². The lowest BCUT2D eigenvalue weighted by molar-refractivity contribution is 0.130. The first-order valence-electron chi connectivity index (χ1n) is 21.5. The third-order valence-electron chi connectivity index (χ3n) is 12.3. The number of para-hydroxylation sites is 2. The molecule has 0 fully saturated rings. The number of hydrogen-bond acceptors (Lipinski definition) is 2. The van der Waals surface area contributed by atoms with Crippen LogP contribution in [0.4, 0.5) is 0 Å². The summed E-state index contributed by atoms with van der Waals surface area (Å²) in [5, 5.41) is 4.82. The molecular weight excluding hydrogens is 904 g/mol. The normalized spacial score (nSPS) is 13.5. The molecule has 2 heterocycles. The summed E-state index contributed by atoms with van der Waals surface area (Å²) in [6, 6.07) is 62.4. The van der Waals surface area contributed by atoms with Crippen LogP contribution in [0, 0.1) is 0 Å². The van der Waals surface area contributed by atoms with Gasteiger partial charge in [0.1, 0.15) is 22.7 Å². The minimum Gasteiger partial charge on any atom is -0.488 e. The molecule has 0 saturated carbocycles. The van der Waals surface area contributed by atoms with Crippen molar-refractivity contribution in [3.05, 3.63) is 201 Å². The number of halogens is 2. The summed E-state index contributed by atoms with van der Waals surface area (Å²) < 4.78 is 19.3. The Morgan fingerprint density at radius 2 is 0.778 bits per heavy atom. The zero-order chi connectivity index (χ0) is 43.4. The molecule has 0 unspecified atom stereocenters. The van der Waals surface area contributed by atoms with E-state index in [1.807, 2.05) is 0 Å². The van der Waals surface area contributed by atoms with E-state index in [2.05, 4.69) is 252 Å². The Labute approximate surface area is 385 Å². The lowest BCUT2D eigenvalue weighted by atomic mass is 9.67. The molecule has 10 aromatic rings. The molecular formula is C57H46Br2N2O2. The second-order valence-electron chi connectivity index (χ2n) is 18.7. The molecule has 1 aliphatic rings. The first-order valence-corrected chi connectivity index (χ1v) is 23.1. The van der Waals surface area contributed by atoms with Crippen molar-refractivity contribution in [1.82, 2.24) is 9.13 Å². The predicted molar refractivity (Wildman–Crippen MR) is 269 cm³/mol. The van der Waals surface area contributed by atoms with Gasteiger partial charge in [0, 0.05) is 41.9 Å². The molecule has 8 aromatic carbocycles. The van der Waals surface area contributed by atoms with Crippen molar-refractivity contribution in [2.75, 3.05) is 0 Å². The Morgan fingerprint density at radius 1 is 0.397 bits per heavy atom. The maximum Gasteiger partial charge on any atom is 0.120 e. The molecule has 11 rings (SSSR count). The highest BCUT2D eigenvalue weighted by Crippen LogP contribution is 2.58. The largest absolute Gasteiger partial charge is 0.488 e. The molecule has 2 aromatic heterocycles. The number of aromatic nitrogens is 2. The monoisotopic (exact) mass is 948 g/mol. The molecule has 0 amide bonds. The highest BCUT2D eigenvalue weighted by molar-refractivity contribution is 9.10. The van der Waals surface area contributed by atoms with Crippen LogP contribution in [0.2, 0.25) is 0 Å². The minimum atomic E-state index is -0.662. The van der Waals surface area contributed by atoms with Crippen molar-refractivity contribution in [3.63, 3.8) is 0 Å². The third kappa shape index (κ3) is 6.52. The average Bonchev–Trinajstić information content (AvgIpc) is 3.86. The Morgan fingerprint density at radius 3 is 1.17 bits per heavy atom. The summed E-state index contributed by atoms with van der Waals surface area (Å²) >= 11 is 7.86. The van der Waals surface area contributed by atoms with Crippen LogP contribution in [0.5, 0.6) is 11.5 Å². The second-order valence-corrected chi connectivity index (χ2v) is 20.5. The van der Waals surface area contributed by atoms with E-state index in [0.717, 1.165) is 53.9 Å². The molecule has 6 heteroatoms. The first kappa shape index (κ1) is 39.7. The minimum absolute atomic E-state index is 0.279. The molecule has 0 N–H and O–H groups in total. The number of ether oxygens (including phenoxy) is 2. The molecule has 0 spiro atoms. The second kappa shape index (κ2) is 14.5. The molecule has 0 atom stereocenters. The third-order valence-corrected chi connectivity index (χ3v) is 13.3. The van der Waals surface area contributed by atoms with E-state index < -0.39 is 5.41 Å². The Balaban J connectivity index is 1.17. The van der Waals surface area contributed by atoms with Gasteiger partial charge in [-0.2, -0.15) is 0 Å². The maximum absolute atomic E-state index is 6.22. The van der Waals surface area contributed by atoms with E-state index in [4.69, 9.17) is 9.47 Å². The summed E-state index contributed by atoms with van der Waals surface area (Å²) in [7, 11) is 0. The van der Waals surface area contributed by atoms with Crippen molar-refractivity contribution >= 4 is 75.5 Å². The predicted octanol–water partition coefficient (Wildman–Crippen LogP) is 16.1. The van der Waals surface area contributed by atoms with Gasteiger partial charge in [0.15, 0.2) is 0 Å². The van der Waals surface area contributed by atoms with Gasteiger partial charge in [0.25, 0.3) is 0 Å². The summed E-state index contributed by atoms with van der Waals surface area (Å²) in [6.45, 7) is 12.5. The van der Waals surface area contributed by atoms with Crippen molar-refractivity contribution in [2.24, 2.45) is 0 Å². The average molecular weight is 951 g/mol. The smallest absolute Gasteiger partial charge is 0.120 e. The Bertz CT molecular complexity index is 3210. The number of benzene rings is 8. The fourth-order valence-electron chi connectivity index (χ4n) is 10.1. The molecule has 1 aliphatic carbocycles. The van der Waals surface area contributed by atoms with Gasteiger partial charge in [-0.1, -0.05) is 92.5 Å². The molecule has 310 valence electrons. The number of fused-ring (bicyclic) bond motifs is 9. The molecule has 0 radical (unpaired) electrons. The van der Waals surface area contributed by atoms with Crippen LogP contribution in [0.15, 0.2) is 179 Å². The highest BCUT2D eigenvalue weighted by atomic mass is 79.9. The molecule has 0 saturated heterocycles. The van der Waals surface area contributed by atoms with Crippen LogP contribution >= 0.6 is 31.9 Å². The topological polar surface area (TPSA) is 28.3 Å². The van der Waals surface area contributed by atoms with Crippen LogP contribution < -0.4 is 9.47 Å². The summed E-state index contributed by atoms with van der Waals surface area (Å²) in [5.74, 6) is 1.71. The lowest BCUT2D eigenvalue weighted by Gasteiger charge is -2.34. The number of rotatable bonds is 6. The van der Waals surface area contributed by atoms with Gasteiger partial charge < -0.3 is 18.6 Å². The maximum atomic E-state index is 6.22. The Kier molecular flexibility index (Phi) is 9.14. The standard InChI is InChI=1S/C57H46Br2N2O2/c1-55(2,3)62-41-23-19-39(20-24-41)60-51-13-9-7-11-45(51)47-31-35(15-29-53(47)60)57(49-33-37(58)17-27-43(49)44-28-18-38(59)34-50(44)57)36-16-30-54-48(32-36)46-12-8-10-14-52(46)61(54)40-21-25-42(26-22-40)63-56(4,5)6/h7-34H,1-6H3. The van der Waals surface area contributed by atoms with Crippen LogP contribution in [0.1, 0.15) is 63.8 Å². The van der Waals surface area contributed by atoms with Gasteiger partial charge >= 0.3 is 0 Å². The fourth-order valence-corrected chi connectivity index (χ4v) is 10.8. The Hall–Kier alpha value is -6.08. The molecule has 4 nitrogen and oxygen atoms in total. The van der Waals surface area contributed by atoms with Crippen LogP contribution in [-0.4, -0.2) is 20.3 Å². The van der Waals surface area contributed by atoms with Gasteiger partial charge in [-0.15, -0.1) is 0 Å². The number of nitrogens with zero attached hydrogens (tertiary/aromatic N) is 2. The van der Waals surface area contributed by atoms with Crippen molar-refractivity contribution in [2.45, 2.75) is 58.2 Å². The zero-order valence-corrected chi connectivity index (χ0v) is 39.3. The molecule has 0 bridgehead atoms. The van der Waals surface area contributed by atoms with E-state index in [9.17, 15) is 0 Å². The van der Waals surface area contributed by atoms with Gasteiger partial charge in [0.05, 0.1) is 27.5 Å². The molecule has 0 aliphatic heterocycles. The SMILES string of the molecule is CC(C)(C)Oc1ccc(-n2c3ccccc3c3cc(C4(c5ccc6c(c5)c5ccccc5n6-c5ccc(OC(C)(C)C)cc5)c5cc(Br)ccc5-c5ccc(Br)cc54)ccc32)cc1. The van der Waals surface area contributed by atoms with E-state index in [-0.39, 0.29) is 11.2 Å². The summed E-state index contributed by atoms with van der Waals surface area (Å²) in [4.78, 5) is 0. The fraction of sp³-hybridized carbons (Fsp3) is 0.158. The van der Waals surface area contributed by atoms with Crippen molar-refractivity contribution < 1.29 is 9.47 Å². The van der Waals surface area contributed by atoms with Crippen LogP contribution in [0.3, 0.4) is 0 Å². The highest BCUT2D eigenvalue weighted by Gasteiger charge is 2.47. The van der Waals surface area contributed by atoms with E-state index in [0.29, 0.717) is 0 Å². The van der Waals surface area contributed by atoms with Gasteiger partial charge in [-0.05, 0) is 184 Å². The number of hydrogen-bond donors (Lipinski definition) is 0. The van der Waals surface area contributed by atoms with Gasteiger partial charge in [-0.3, -0.25) is 0 Å². The van der Waals surface area contributed by atoms with E-state index >= 15 is 0 Å². The van der Waals surface area contributed by atoms with Crippen molar-refractivity contribution in [3.8, 4) is 34.0 Å². The summed E-state index contributed by atoms with van der Waals surface area (Å²) in [5.41, 5.74) is 13.0. The van der Waals surface area contributed by atoms with Gasteiger partial charge in [-0.25, -0.2) is 0 Å². The van der Waals surface area contributed by atoms with E-state index in [1.54, 1.807) is 0 Å². The van der Waals surface area contributed by atoms with Gasteiger partial charge in [0.2, 0.25) is 0 Å². The first-order chi connectivity index (χ1) is 30.3. The lowest BCUT2D eigenvalue weighted by Crippen LogP contribution is -2.28. The zero-order valence-electron chi connectivity index (χ0n) is 36.1.